The van der Waals surface area contributed by atoms with Gasteiger partial charge in [-0.2, -0.15) is 0 Å². The van der Waals surface area contributed by atoms with Gasteiger partial charge in [-0.1, -0.05) is 26.7 Å². The summed E-state index contributed by atoms with van der Waals surface area (Å²) in [6.45, 7) is 5.03. The highest BCUT2D eigenvalue weighted by Crippen LogP contribution is 2.02. The van der Waals surface area contributed by atoms with Gasteiger partial charge < -0.3 is 11.1 Å². The number of nitrogens with one attached hydrogen (secondary N) is 1. The molecule has 10 heavy (non-hydrogen) atoms. The van der Waals surface area contributed by atoms with Crippen molar-refractivity contribution in [1.82, 2.24) is 5.32 Å². The zero-order chi connectivity index (χ0) is 7.82. The molecule has 62 valence electrons. The summed E-state index contributed by atoms with van der Waals surface area (Å²) in [7, 11) is 0. The Morgan fingerprint density at radius 2 is 1.70 bits per heavy atom. The zero-order valence-corrected chi connectivity index (χ0v) is 7.19. The molecular weight excluding hydrogens is 124 g/mol. The highest BCUT2D eigenvalue weighted by molar-refractivity contribution is 4.63. The van der Waals surface area contributed by atoms with Crippen LogP contribution >= 0.6 is 0 Å². The molecule has 0 aliphatic heterocycles. The van der Waals surface area contributed by atoms with Crippen LogP contribution in [0, 0.1) is 0 Å². The molecule has 0 aromatic rings. The molecule has 0 fully saturated rings. The van der Waals surface area contributed by atoms with Gasteiger partial charge in [0.05, 0.1) is 0 Å². The second-order valence-electron chi connectivity index (χ2n) is 2.68. The third-order valence-corrected chi connectivity index (χ3v) is 1.68. The molecule has 0 saturated carbocycles. The van der Waals surface area contributed by atoms with Gasteiger partial charge in [0.15, 0.2) is 0 Å². The van der Waals surface area contributed by atoms with E-state index in [1.54, 1.807) is 0 Å². The van der Waals surface area contributed by atoms with Crippen molar-refractivity contribution in [3.05, 3.63) is 0 Å². The minimum Gasteiger partial charge on any atom is -0.318 e. The number of hydrogen-bond donors (Lipinski definition) is 2. The summed E-state index contributed by atoms with van der Waals surface area (Å²) in [5.41, 5.74) is 5.38. The summed E-state index contributed by atoms with van der Waals surface area (Å²) < 4.78 is 0. The molecule has 0 atom stereocenters. The fourth-order valence-corrected chi connectivity index (χ4v) is 1.21. The van der Waals surface area contributed by atoms with E-state index in [9.17, 15) is 0 Å². The summed E-state index contributed by atoms with van der Waals surface area (Å²) in [6.07, 6.45) is 5.01. The molecular formula is C8H20N2. The SMILES string of the molecule is CCCC(CCC)NCN. The lowest BCUT2D eigenvalue weighted by molar-refractivity contribution is 0.451. The maximum atomic E-state index is 5.38. The van der Waals surface area contributed by atoms with E-state index in [0.29, 0.717) is 12.7 Å². The lowest BCUT2D eigenvalue weighted by atomic mass is 10.1. The second-order valence-corrected chi connectivity index (χ2v) is 2.68. The summed E-state index contributed by atoms with van der Waals surface area (Å²) >= 11 is 0. The first kappa shape index (κ1) is 9.92. The van der Waals surface area contributed by atoms with E-state index in [-0.39, 0.29) is 0 Å². The molecule has 0 aliphatic rings. The Hall–Kier alpha value is -0.0800. The zero-order valence-electron chi connectivity index (χ0n) is 7.19. The van der Waals surface area contributed by atoms with Crippen molar-refractivity contribution in [2.45, 2.75) is 45.6 Å². The van der Waals surface area contributed by atoms with E-state index in [2.05, 4.69) is 19.2 Å². The van der Waals surface area contributed by atoms with Crippen LogP contribution < -0.4 is 11.1 Å². The van der Waals surface area contributed by atoms with Crippen LogP contribution in [0.1, 0.15) is 39.5 Å². The number of nitrogens with two attached hydrogens (primary N) is 1. The Bertz CT molecular complexity index is 50.0. The van der Waals surface area contributed by atoms with Crippen molar-refractivity contribution in [1.29, 1.82) is 0 Å². The molecule has 0 radical (unpaired) electrons. The van der Waals surface area contributed by atoms with E-state index in [4.69, 9.17) is 5.73 Å². The van der Waals surface area contributed by atoms with E-state index < -0.39 is 0 Å². The van der Waals surface area contributed by atoms with Gasteiger partial charge in [-0.3, -0.25) is 0 Å². The van der Waals surface area contributed by atoms with Crippen molar-refractivity contribution < 1.29 is 0 Å². The molecule has 0 aliphatic carbocycles. The Morgan fingerprint density at radius 3 is 2.00 bits per heavy atom. The molecule has 0 rings (SSSR count). The summed E-state index contributed by atoms with van der Waals surface area (Å²) in [6, 6.07) is 0.653. The Balaban J connectivity index is 3.30. The van der Waals surface area contributed by atoms with Crippen molar-refractivity contribution >= 4 is 0 Å². The third-order valence-electron chi connectivity index (χ3n) is 1.68. The topological polar surface area (TPSA) is 38.0 Å². The van der Waals surface area contributed by atoms with Crippen molar-refractivity contribution in [3.63, 3.8) is 0 Å². The minimum atomic E-state index is 0.616. The van der Waals surface area contributed by atoms with Crippen molar-refractivity contribution in [2.75, 3.05) is 6.67 Å². The van der Waals surface area contributed by atoms with Crippen LogP contribution in [0.4, 0.5) is 0 Å². The molecule has 0 bridgehead atoms. The van der Waals surface area contributed by atoms with Crippen LogP contribution in [0.25, 0.3) is 0 Å². The maximum absolute atomic E-state index is 5.38. The van der Waals surface area contributed by atoms with Crippen LogP contribution in [0.3, 0.4) is 0 Å². The summed E-state index contributed by atoms with van der Waals surface area (Å²) in [4.78, 5) is 0. The highest BCUT2D eigenvalue weighted by Gasteiger charge is 2.02. The van der Waals surface area contributed by atoms with Gasteiger partial charge in [0, 0.05) is 12.7 Å². The van der Waals surface area contributed by atoms with Gasteiger partial charge in [0.2, 0.25) is 0 Å². The average molecular weight is 144 g/mol. The molecule has 0 saturated heterocycles. The number of rotatable bonds is 6. The smallest absolute Gasteiger partial charge is 0.0430 e. The average Bonchev–Trinajstić information content (AvgIpc) is 1.90. The summed E-state index contributed by atoms with van der Waals surface area (Å²) in [5, 5.41) is 3.26. The molecule has 0 aromatic carbocycles. The Kier molecular flexibility index (Phi) is 6.98. The maximum Gasteiger partial charge on any atom is 0.0430 e. The Morgan fingerprint density at radius 1 is 1.20 bits per heavy atom. The van der Waals surface area contributed by atoms with Gasteiger partial charge in [-0.25, -0.2) is 0 Å². The third kappa shape index (κ3) is 4.77. The van der Waals surface area contributed by atoms with Gasteiger partial charge in [-0.15, -0.1) is 0 Å². The highest BCUT2D eigenvalue weighted by atomic mass is 15.0. The van der Waals surface area contributed by atoms with Crippen molar-refractivity contribution in [2.24, 2.45) is 5.73 Å². The summed E-state index contributed by atoms with van der Waals surface area (Å²) in [5.74, 6) is 0. The van der Waals surface area contributed by atoms with Crippen LogP contribution in [0.2, 0.25) is 0 Å². The van der Waals surface area contributed by atoms with Crippen LogP contribution in [-0.4, -0.2) is 12.7 Å². The van der Waals surface area contributed by atoms with Crippen molar-refractivity contribution in [3.8, 4) is 0 Å². The molecule has 2 heteroatoms. The normalized spacial score (nSPS) is 10.8. The monoisotopic (exact) mass is 144 g/mol. The van der Waals surface area contributed by atoms with Gasteiger partial charge in [0.1, 0.15) is 0 Å². The van der Waals surface area contributed by atoms with Crippen LogP contribution in [-0.2, 0) is 0 Å². The molecule has 0 unspecified atom stereocenters. The lowest BCUT2D eigenvalue weighted by Crippen LogP contribution is -2.33. The van der Waals surface area contributed by atoms with Gasteiger partial charge >= 0.3 is 0 Å². The molecule has 0 spiro atoms. The predicted molar refractivity (Wildman–Crippen MR) is 45.8 cm³/mol. The van der Waals surface area contributed by atoms with E-state index >= 15 is 0 Å². The van der Waals surface area contributed by atoms with E-state index in [0.717, 1.165) is 0 Å². The van der Waals surface area contributed by atoms with Gasteiger partial charge in [0.25, 0.3) is 0 Å². The molecule has 0 amide bonds. The van der Waals surface area contributed by atoms with Gasteiger partial charge in [-0.05, 0) is 12.8 Å². The largest absolute Gasteiger partial charge is 0.318 e. The Labute approximate surface area is 64.2 Å². The standard InChI is InChI=1S/C8H20N2/c1-3-5-8(6-4-2)10-7-9/h8,10H,3-7,9H2,1-2H3. The predicted octanol–water partition coefficient (Wildman–Crippen LogP) is 1.46. The first-order valence-electron chi connectivity index (χ1n) is 4.28. The quantitative estimate of drug-likeness (QED) is 0.554. The molecule has 0 heterocycles. The fourth-order valence-electron chi connectivity index (χ4n) is 1.21. The number of hydrogen-bond acceptors (Lipinski definition) is 2. The lowest BCUT2D eigenvalue weighted by Gasteiger charge is -2.15. The first-order valence-corrected chi connectivity index (χ1v) is 4.28. The first-order chi connectivity index (χ1) is 4.85. The minimum absolute atomic E-state index is 0.616. The molecule has 3 N–H and O–H groups in total. The molecule has 0 aromatic heterocycles. The van der Waals surface area contributed by atoms with E-state index in [1.165, 1.54) is 25.7 Å². The van der Waals surface area contributed by atoms with Crippen LogP contribution in [0.5, 0.6) is 0 Å². The molecule has 2 nitrogen and oxygen atoms in total. The van der Waals surface area contributed by atoms with Crippen LogP contribution in [0.15, 0.2) is 0 Å². The van der Waals surface area contributed by atoms with E-state index in [1.807, 2.05) is 0 Å². The fraction of sp³-hybridized carbons (Fsp3) is 1.00. The second kappa shape index (κ2) is 7.03.